The normalized spacial score (nSPS) is 24.8. The molecule has 2 aliphatic rings. The lowest BCUT2D eigenvalue weighted by molar-refractivity contribution is 0.118. The Labute approximate surface area is 115 Å². The van der Waals surface area contributed by atoms with E-state index in [1.54, 1.807) is 0 Å². The van der Waals surface area contributed by atoms with Crippen molar-refractivity contribution in [2.24, 2.45) is 0 Å². The van der Waals surface area contributed by atoms with Crippen molar-refractivity contribution >= 4 is 0 Å². The molecule has 19 heavy (non-hydrogen) atoms. The molecular formula is C16H23NO2. The SMILES string of the molecule is OCC1(NCC2COc3ccccc32)CCCCC1. The van der Waals surface area contributed by atoms with E-state index >= 15 is 0 Å². The van der Waals surface area contributed by atoms with Crippen molar-refractivity contribution in [2.75, 3.05) is 19.8 Å². The molecule has 1 aliphatic heterocycles. The van der Waals surface area contributed by atoms with Crippen LogP contribution in [0.25, 0.3) is 0 Å². The smallest absolute Gasteiger partial charge is 0.122 e. The van der Waals surface area contributed by atoms with Crippen LogP contribution in [0.4, 0.5) is 0 Å². The monoisotopic (exact) mass is 261 g/mol. The summed E-state index contributed by atoms with van der Waals surface area (Å²) in [6, 6.07) is 8.28. The summed E-state index contributed by atoms with van der Waals surface area (Å²) in [4.78, 5) is 0. The fraction of sp³-hybridized carbons (Fsp3) is 0.625. The molecule has 2 N–H and O–H groups in total. The van der Waals surface area contributed by atoms with Crippen molar-refractivity contribution in [3.8, 4) is 5.75 Å². The van der Waals surface area contributed by atoms with E-state index < -0.39 is 0 Å². The van der Waals surface area contributed by atoms with E-state index in [2.05, 4.69) is 17.4 Å². The third-order valence-electron chi connectivity index (χ3n) is 4.64. The van der Waals surface area contributed by atoms with Crippen molar-refractivity contribution in [1.29, 1.82) is 0 Å². The molecule has 3 nitrogen and oxygen atoms in total. The Morgan fingerprint density at radius 3 is 2.79 bits per heavy atom. The first-order chi connectivity index (χ1) is 9.33. The Hall–Kier alpha value is -1.06. The van der Waals surface area contributed by atoms with Gasteiger partial charge < -0.3 is 15.2 Å². The first-order valence-corrected chi connectivity index (χ1v) is 7.41. The second-order valence-electron chi connectivity index (χ2n) is 5.93. The molecule has 1 fully saturated rings. The lowest BCUT2D eigenvalue weighted by Gasteiger charge is -2.37. The fourth-order valence-electron chi connectivity index (χ4n) is 3.36. The molecule has 0 aromatic heterocycles. The number of hydrogen-bond donors (Lipinski definition) is 2. The average Bonchev–Trinajstić information content (AvgIpc) is 2.89. The van der Waals surface area contributed by atoms with Crippen molar-refractivity contribution in [3.05, 3.63) is 29.8 Å². The molecule has 104 valence electrons. The zero-order valence-electron chi connectivity index (χ0n) is 11.4. The molecule has 1 saturated carbocycles. The van der Waals surface area contributed by atoms with Crippen molar-refractivity contribution in [3.63, 3.8) is 0 Å². The Bertz CT molecular complexity index is 427. The largest absolute Gasteiger partial charge is 0.493 e. The van der Waals surface area contributed by atoms with Gasteiger partial charge in [-0.3, -0.25) is 0 Å². The number of fused-ring (bicyclic) bond motifs is 1. The maximum atomic E-state index is 9.72. The first kappa shape index (κ1) is 12.9. The van der Waals surface area contributed by atoms with Crippen LogP contribution in [0.3, 0.4) is 0 Å². The molecule has 0 bridgehead atoms. The maximum absolute atomic E-state index is 9.72. The van der Waals surface area contributed by atoms with Gasteiger partial charge in [-0.2, -0.15) is 0 Å². The van der Waals surface area contributed by atoms with E-state index in [0.717, 1.165) is 31.7 Å². The molecule has 1 aromatic carbocycles. The van der Waals surface area contributed by atoms with Crippen molar-refractivity contribution in [1.82, 2.24) is 5.32 Å². The fourth-order valence-corrected chi connectivity index (χ4v) is 3.36. The van der Waals surface area contributed by atoms with Gasteiger partial charge in [0.2, 0.25) is 0 Å². The second kappa shape index (κ2) is 5.51. The van der Waals surface area contributed by atoms with E-state index in [1.807, 2.05) is 12.1 Å². The highest BCUT2D eigenvalue weighted by molar-refractivity contribution is 5.39. The second-order valence-corrected chi connectivity index (χ2v) is 5.93. The summed E-state index contributed by atoms with van der Waals surface area (Å²) in [6.07, 6.45) is 5.95. The Balaban J connectivity index is 1.63. The molecule has 3 rings (SSSR count). The van der Waals surface area contributed by atoms with Gasteiger partial charge in [0.05, 0.1) is 13.2 Å². The number of rotatable bonds is 4. The van der Waals surface area contributed by atoms with Crippen LogP contribution in [0.15, 0.2) is 24.3 Å². The van der Waals surface area contributed by atoms with Gasteiger partial charge in [-0.1, -0.05) is 37.5 Å². The van der Waals surface area contributed by atoms with E-state index in [1.165, 1.54) is 24.8 Å². The van der Waals surface area contributed by atoms with Crippen LogP contribution in [0, 0.1) is 0 Å². The summed E-state index contributed by atoms with van der Waals surface area (Å²) >= 11 is 0. The van der Waals surface area contributed by atoms with Gasteiger partial charge in [-0.15, -0.1) is 0 Å². The van der Waals surface area contributed by atoms with Gasteiger partial charge in [0.15, 0.2) is 0 Å². The molecule has 1 aliphatic carbocycles. The number of aliphatic hydroxyl groups is 1. The summed E-state index contributed by atoms with van der Waals surface area (Å²) in [5, 5.41) is 13.4. The number of nitrogens with one attached hydrogen (secondary N) is 1. The molecule has 0 spiro atoms. The highest BCUT2D eigenvalue weighted by Gasteiger charge is 2.33. The van der Waals surface area contributed by atoms with Crippen LogP contribution in [0.1, 0.15) is 43.6 Å². The van der Waals surface area contributed by atoms with Gasteiger partial charge in [0.25, 0.3) is 0 Å². The van der Waals surface area contributed by atoms with Gasteiger partial charge >= 0.3 is 0 Å². The van der Waals surface area contributed by atoms with Gasteiger partial charge in [-0.05, 0) is 18.9 Å². The number of benzene rings is 1. The summed E-state index contributed by atoms with van der Waals surface area (Å²) in [6.45, 7) is 1.91. The van der Waals surface area contributed by atoms with Gasteiger partial charge in [0, 0.05) is 23.6 Å². The third-order valence-corrected chi connectivity index (χ3v) is 4.64. The molecular weight excluding hydrogens is 238 g/mol. The molecule has 3 heteroatoms. The number of para-hydroxylation sites is 1. The number of hydrogen-bond acceptors (Lipinski definition) is 3. The molecule has 1 unspecified atom stereocenters. The minimum absolute atomic E-state index is 0.0458. The molecule has 0 saturated heterocycles. The van der Waals surface area contributed by atoms with Crippen LogP contribution >= 0.6 is 0 Å². The summed E-state index contributed by atoms with van der Waals surface area (Å²) in [5.41, 5.74) is 1.26. The van der Waals surface area contributed by atoms with E-state index in [9.17, 15) is 5.11 Å². The molecule has 1 heterocycles. The van der Waals surface area contributed by atoms with Crippen LogP contribution in [-0.2, 0) is 0 Å². The van der Waals surface area contributed by atoms with Crippen LogP contribution in [0.2, 0.25) is 0 Å². The topological polar surface area (TPSA) is 41.5 Å². The number of aliphatic hydroxyl groups excluding tert-OH is 1. The standard InChI is InChI=1S/C16H23NO2/c18-12-16(8-4-1-5-9-16)17-10-13-11-19-15-7-3-2-6-14(13)15/h2-3,6-7,13,17-18H,1,4-5,8-12H2. The summed E-state index contributed by atoms with van der Waals surface area (Å²) in [5.74, 6) is 1.44. The summed E-state index contributed by atoms with van der Waals surface area (Å²) < 4.78 is 5.72. The Morgan fingerprint density at radius 2 is 2.00 bits per heavy atom. The van der Waals surface area contributed by atoms with Crippen LogP contribution in [-0.4, -0.2) is 30.4 Å². The zero-order valence-corrected chi connectivity index (χ0v) is 11.4. The Kier molecular flexibility index (Phi) is 3.76. The van der Waals surface area contributed by atoms with Crippen molar-refractivity contribution < 1.29 is 9.84 Å². The lowest BCUT2D eigenvalue weighted by atomic mass is 9.82. The lowest BCUT2D eigenvalue weighted by Crippen LogP contribution is -2.51. The average molecular weight is 261 g/mol. The quantitative estimate of drug-likeness (QED) is 0.874. The molecule has 0 amide bonds. The van der Waals surface area contributed by atoms with E-state index in [4.69, 9.17) is 4.74 Å². The predicted molar refractivity (Wildman–Crippen MR) is 75.6 cm³/mol. The highest BCUT2D eigenvalue weighted by atomic mass is 16.5. The highest BCUT2D eigenvalue weighted by Crippen LogP contribution is 2.34. The van der Waals surface area contributed by atoms with Crippen molar-refractivity contribution in [2.45, 2.75) is 43.6 Å². The molecule has 1 atom stereocenters. The third kappa shape index (κ3) is 2.63. The predicted octanol–water partition coefficient (Wildman–Crippen LogP) is 2.45. The van der Waals surface area contributed by atoms with Crippen LogP contribution < -0.4 is 10.1 Å². The minimum atomic E-state index is -0.0458. The number of ether oxygens (including phenoxy) is 1. The zero-order chi connectivity index (χ0) is 13.1. The van der Waals surface area contributed by atoms with Gasteiger partial charge in [-0.25, -0.2) is 0 Å². The summed E-state index contributed by atoms with van der Waals surface area (Å²) in [7, 11) is 0. The molecule has 0 radical (unpaired) electrons. The van der Waals surface area contributed by atoms with E-state index in [0.29, 0.717) is 5.92 Å². The van der Waals surface area contributed by atoms with Gasteiger partial charge in [0.1, 0.15) is 5.75 Å². The van der Waals surface area contributed by atoms with E-state index in [-0.39, 0.29) is 12.1 Å². The molecule has 1 aromatic rings. The minimum Gasteiger partial charge on any atom is -0.493 e. The van der Waals surface area contributed by atoms with Crippen LogP contribution in [0.5, 0.6) is 5.75 Å². The first-order valence-electron chi connectivity index (χ1n) is 7.41. The Morgan fingerprint density at radius 1 is 1.21 bits per heavy atom. The maximum Gasteiger partial charge on any atom is 0.122 e.